The fourth-order valence-corrected chi connectivity index (χ4v) is 5.95. The number of aliphatic hydroxyl groups excluding tert-OH is 1. The molecule has 1 aromatic carbocycles. The molecule has 0 radical (unpaired) electrons. The Morgan fingerprint density at radius 3 is 2.57 bits per heavy atom. The van der Waals surface area contributed by atoms with Gasteiger partial charge in [0.05, 0.1) is 34.7 Å². The summed E-state index contributed by atoms with van der Waals surface area (Å²) in [6.07, 6.45) is -4.61. The lowest BCUT2D eigenvalue weighted by Gasteiger charge is -2.42. The Bertz CT molecular complexity index is 1150. The molecule has 0 aliphatic heterocycles. The molecule has 6 nitrogen and oxygen atoms in total. The number of sulfone groups is 1. The van der Waals surface area contributed by atoms with Gasteiger partial charge in [0.1, 0.15) is 10.7 Å². The number of alkyl halides is 3. The van der Waals surface area contributed by atoms with Crippen LogP contribution in [0.1, 0.15) is 25.0 Å². The molecule has 0 bridgehead atoms. The zero-order valence-electron chi connectivity index (χ0n) is 18.7. The minimum absolute atomic E-state index is 0.0323. The number of aliphatic hydroxyl groups is 1. The molecule has 0 saturated heterocycles. The summed E-state index contributed by atoms with van der Waals surface area (Å²) < 4.78 is 93.6. The first kappa shape index (κ1) is 27.6. The average Bonchev–Trinajstić information content (AvgIpc) is 2.75. The number of anilines is 1. The van der Waals surface area contributed by atoms with Crippen LogP contribution in [-0.2, 0) is 15.6 Å². The number of benzene rings is 1. The summed E-state index contributed by atoms with van der Waals surface area (Å²) in [5, 5.41) is 12.1. The first-order valence-corrected chi connectivity index (χ1v) is 12.8. The summed E-state index contributed by atoms with van der Waals surface area (Å²) in [4.78, 5) is 4.38. The van der Waals surface area contributed by atoms with Crippen LogP contribution in [0.4, 0.5) is 27.6 Å². The fraction of sp³-hybridized carbons (Fsp3) is 0.500. The molecule has 1 aromatic heterocycles. The van der Waals surface area contributed by atoms with Gasteiger partial charge in [0.25, 0.3) is 0 Å². The van der Waals surface area contributed by atoms with E-state index in [0.717, 1.165) is 18.2 Å². The van der Waals surface area contributed by atoms with E-state index in [1.54, 1.807) is 11.9 Å². The van der Waals surface area contributed by atoms with Crippen LogP contribution in [0.3, 0.4) is 0 Å². The van der Waals surface area contributed by atoms with Gasteiger partial charge in [0.15, 0.2) is 9.84 Å². The highest BCUT2D eigenvalue weighted by atomic mass is 35.5. The molecular weight excluding hydrogens is 517 g/mol. The van der Waals surface area contributed by atoms with Crippen molar-refractivity contribution >= 4 is 27.1 Å². The third-order valence-corrected chi connectivity index (χ3v) is 8.08. The van der Waals surface area contributed by atoms with Gasteiger partial charge in [-0.25, -0.2) is 17.8 Å². The average molecular weight is 542 g/mol. The number of hydrogen-bond donors (Lipinski definition) is 2. The quantitative estimate of drug-likeness (QED) is 0.380. The molecule has 0 amide bonds. The SMILES string of the molecule is CN(CCO)[C@H]1C[C@@H](C(F)(F)F)CC[C@@H]1Nc1cc(F)c(S(=O)(=O)Cc2cccc(F)n2)cc1Cl. The van der Waals surface area contributed by atoms with Gasteiger partial charge in [-0.3, -0.25) is 4.90 Å². The molecule has 194 valence electrons. The fourth-order valence-electron chi connectivity index (χ4n) is 4.30. The molecule has 1 heterocycles. The van der Waals surface area contributed by atoms with Crippen molar-refractivity contribution in [2.45, 2.75) is 48.2 Å². The maximum absolute atomic E-state index is 14.9. The van der Waals surface area contributed by atoms with Crippen LogP contribution in [0.25, 0.3) is 0 Å². The second-order valence-electron chi connectivity index (χ2n) is 8.55. The number of nitrogens with one attached hydrogen (secondary N) is 1. The number of halogens is 6. The van der Waals surface area contributed by atoms with Crippen molar-refractivity contribution in [2.24, 2.45) is 5.92 Å². The van der Waals surface area contributed by atoms with E-state index in [-0.39, 0.29) is 48.8 Å². The van der Waals surface area contributed by atoms with Crippen LogP contribution in [-0.4, -0.2) is 61.9 Å². The number of aromatic nitrogens is 1. The number of hydrogen-bond acceptors (Lipinski definition) is 6. The van der Waals surface area contributed by atoms with Crippen molar-refractivity contribution < 1.29 is 35.5 Å². The zero-order chi connectivity index (χ0) is 26.0. The number of likely N-dealkylation sites (N-methyl/N-ethyl adjacent to an activating group) is 1. The molecule has 0 spiro atoms. The molecule has 1 fully saturated rings. The maximum Gasteiger partial charge on any atom is 0.391 e. The van der Waals surface area contributed by atoms with Crippen LogP contribution < -0.4 is 5.32 Å². The molecule has 2 N–H and O–H groups in total. The van der Waals surface area contributed by atoms with Crippen molar-refractivity contribution in [1.82, 2.24) is 9.88 Å². The van der Waals surface area contributed by atoms with E-state index >= 15 is 0 Å². The summed E-state index contributed by atoms with van der Waals surface area (Å²) in [5.74, 6) is -4.25. The molecule has 2 aromatic rings. The Balaban J connectivity index is 1.84. The number of pyridine rings is 1. The third-order valence-electron chi connectivity index (χ3n) is 6.11. The molecule has 1 saturated carbocycles. The van der Waals surface area contributed by atoms with E-state index in [0.29, 0.717) is 0 Å². The van der Waals surface area contributed by atoms with E-state index < -0.39 is 56.4 Å². The minimum Gasteiger partial charge on any atom is -0.395 e. The van der Waals surface area contributed by atoms with Gasteiger partial charge < -0.3 is 10.4 Å². The summed E-state index contributed by atoms with van der Waals surface area (Å²) in [6, 6.07) is 4.22. The van der Waals surface area contributed by atoms with Crippen LogP contribution in [0.2, 0.25) is 5.02 Å². The van der Waals surface area contributed by atoms with Crippen LogP contribution in [0, 0.1) is 17.7 Å². The van der Waals surface area contributed by atoms with E-state index in [9.17, 15) is 35.5 Å². The monoisotopic (exact) mass is 541 g/mol. The predicted octanol–water partition coefficient (Wildman–Crippen LogP) is 4.42. The van der Waals surface area contributed by atoms with Gasteiger partial charge in [0, 0.05) is 18.6 Å². The zero-order valence-corrected chi connectivity index (χ0v) is 20.3. The van der Waals surface area contributed by atoms with Gasteiger partial charge in [-0.2, -0.15) is 17.6 Å². The first-order chi connectivity index (χ1) is 16.3. The Kier molecular flexibility index (Phi) is 8.61. The smallest absolute Gasteiger partial charge is 0.391 e. The van der Waals surface area contributed by atoms with E-state index in [4.69, 9.17) is 11.6 Å². The molecule has 1 aliphatic carbocycles. The molecule has 35 heavy (non-hydrogen) atoms. The largest absolute Gasteiger partial charge is 0.395 e. The van der Waals surface area contributed by atoms with Crippen LogP contribution in [0.15, 0.2) is 35.2 Å². The van der Waals surface area contributed by atoms with Crippen LogP contribution >= 0.6 is 11.6 Å². The highest BCUT2D eigenvalue weighted by molar-refractivity contribution is 7.90. The number of rotatable bonds is 8. The minimum atomic E-state index is -4.36. The topological polar surface area (TPSA) is 82.5 Å². The van der Waals surface area contributed by atoms with E-state index in [2.05, 4.69) is 10.3 Å². The maximum atomic E-state index is 14.9. The molecule has 3 atom stereocenters. The first-order valence-electron chi connectivity index (χ1n) is 10.8. The summed E-state index contributed by atoms with van der Waals surface area (Å²) in [6.45, 7) is -0.112. The van der Waals surface area contributed by atoms with Gasteiger partial charge >= 0.3 is 6.18 Å². The second kappa shape index (κ2) is 10.9. The van der Waals surface area contributed by atoms with Crippen molar-refractivity contribution in [3.8, 4) is 0 Å². The molecule has 0 unspecified atom stereocenters. The van der Waals surface area contributed by atoms with Crippen molar-refractivity contribution in [2.75, 3.05) is 25.5 Å². The van der Waals surface area contributed by atoms with Gasteiger partial charge in [-0.05, 0) is 50.6 Å². The lowest BCUT2D eigenvalue weighted by atomic mass is 9.81. The summed E-state index contributed by atoms with van der Waals surface area (Å²) >= 11 is 6.24. The molecule has 13 heteroatoms. The predicted molar refractivity (Wildman–Crippen MR) is 121 cm³/mol. The normalized spacial score (nSPS) is 21.3. The Morgan fingerprint density at radius 1 is 1.23 bits per heavy atom. The summed E-state index contributed by atoms with van der Waals surface area (Å²) in [5.41, 5.74) is -0.0798. The van der Waals surface area contributed by atoms with Crippen molar-refractivity contribution in [3.63, 3.8) is 0 Å². The lowest BCUT2D eigenvalue weighted by molar-refractivity contribution is -0.187. The highest BCUT2D eigenvalue weighted by Gasteiger charge is 2.46. The Morgan fingerprint density at radius 2 is 1.94 bits per heavy atom. The molecule has 3 rings (SSSR count). The third kappa shape index (κ3) is 6.81. The summed E-state index contributed by atoms with van der Waals surface area (Å²) in [7, 11) is -2.68. The van der Waals surface area contributed by atoms with Gasteiger partial charge in [-0.15, -0.1) is 0 Å². The van der Waals surface area contributed by atoms with Crippen molar-refractivity contribution in [1.29, 1.82) is 0 Å². The molecule has 1 aliphatic rings. The van der Waals surface area contributed by atoms with Gasteiger partial charge in [0.2, 0.25) is 5.95 Å². The van der Waals surface area contributed by atoms with Crippen LogP contribution in [0.5, 0.6) is 0 Å². The molecular formula is C22H25ClF5N3O3S. The van der Waals surface area contributed by atoms with Gasteiger partial charge in [-0.1, -0.05) is 17.7 Å². The lowest BCUT2D eigenvalue weighted by Crippen LogP contribution is -2.51. The second-order valence-corrected chi connectivity index (χ2v) is 10.9. The van der Waals surface area contributed by atoms with Crippen molar-refractivity contribution in [3.05, 3.63) is 52.8 Å². The van der Waals surface area contributed by atoms with E-state index in [1.807, 2.05) is 0 Å². The Labute approximate surface area is 205 Å². The Hall–Kier alpha value is -2.02. The number of nitrogens with zero attached hydrogens (tertiary/aromatic N) is 2. The standard InChI is InChI=1S/C22H25ClF5N3O3S/c1-31(7-8-32)19-9-13(22(26,27)28)5-6-17(19)30-18-11-16(24)20(10-15(18)23)35(33,34)12-14-3-2-4-21(25)29-14/h2-4,10-11,13,17,19,30,32H,5-9,12H2,1H3/t13-,17-,19-/m0/s1. The highest BCUT2D eigenvalue weighted by Crippen LogP contribution is 2.40. The van der Waals surface area contributed by atoms with E-state index in [1.165, 1.54) is 12.1 Å².